The molecule has 96 valence electrons. The summed E-state index contributed by atoms with van der Waals surface area (Å²) in [6.07, 6.45) is 1.35. The molecule has 0 saturated heterocycles. The fourth-order valence-electron chi connectivity index (χ4n) is 1.44. The minimum absolute atomic E-state index is 0.248. The lowest BCUT2D eigenvalue weighted by Crippen LogP contribution is -2.22. The number of para-hydroxylation sites is 1. The highest BCUT2D eigenvalue weighted by atomic mass is 16.5. The highest BCUT2D eigenvalue weighted by Crippen LogP contribution is 2.18. The zero-order valence-corrected chi connectivity index (χ0v) is 11.5. The van der Waals surface area contributed by atoms with Crippen LogP contribution in [-0.2, 0) is 4.74 Å². The summed E-state index contributed by atoms with van der Waals surface area (Å²) in [5.41, 5.74) is 1.51. The zero-order chi connectivity index (χ0) is 12.7. The third-order valence-electron chi connectivity index (χ3n) is 2.62. The Morgan fingerprint density at radius 2 is 1.82 bits per heavy atom. The Bertz CT molecular complexity index is 302. The summed E-state index contributed by atoms with van der Waals surface area (Å²) in [7, 11) is 0. The lowest BCUT2D eigenvalue weighted by Gasteiger charge is -2.20. The number of anilines is 1. The van der Waals surface area contributed by atoms with Crippen LogP contribution in [0.2, 0.25) is 0 Å². The van der Waals surface area contributed by atoms with Gasteiger partial charge in [0.25, 0.3) is 0 Å². The largest absolute Gasteiger partial charge is 0.382 e. The van der Waals surface area contributed by atoms with E-state index >= 15 is 0 Å². The van der Waals surface area contributed by atoms with E-state index in [-0.39, 0.29) is 6.10 Å². The average molecular weight is 235 g/mol. The maximum atomic E-state index is 5.78. The average Bonchev–Trinajstić information content (AvgIpc) is 2.26. The first-order valence-electron chi connectivity index (χ1n) is 6.38. The highest BCUT2D eigenvalue weighted by Gasteiger charge is 2.10. The fourth-order valence-corrected chi connectivity index (χ4v) is 1.44. The van der Waals surface area contributed by atoms with Crippen molar-refractivity contribution in [3.8, 4) is 0 Å². The van der Waals surface area contributed by atoms with Gasteiger partial charge < -0.3 is 10.1 Å². The first-order chi connectivity index (χ1) is 7.97. The van der Waals surface area contributed by atoms with E-state index in [9.17, 15) is 0 Å². The molecule has 0 aromatic heterocycles. The van der Waals surface area contributed by atoms with Crippen molar-refractivity contribution < 1.29 is 4.74 Å². The molecule has 1 rings (SSSR count). The van der Waals surface area contributed by atoms with Crippen molar-refractivity contribution in [1.29, 1.82) is 0 Å². The van der Waals surface area contributed by atoms with Crippen LogP contribution < -0.4 is 5.32 Å². The molecule has 0 spiro atoms. The molecule has 0 radical (unpaired) electrons. The van der Waals surface area contributed by atoms with Crippen LogP contribution in [0.15, 0.2) is 30.3 Å². The standard InChI is InChI=1S/C15H25NO/c1-13(17-11-10-15(2,3)4)12-16-14-8-6-5-7-9-14/h5-9,13,16H,10-12H2,1-4H3. The molecule has 0 fully saturated rings. The van der Waals surface area contributed by atoms with Crippen molar-refractivity contribution in [2.75, 3.05) is 18.5 Å². The number of hydrogen-bond acceptors (Lipinski definition) is 2. The molecule has 0 aliphatic carbocycles. The Balaban J connectivity index is 2.15. The summed E-state index contributed by atoms with van der Waals surface area (Å²) in [5, 5.41) is 3.37. The Labute approximate surface area is 105 Å². The Morgan fingerprint density at radius 3 is 2.41 bits per heavy atom. The predicted molar refractivity (Wildman–Crippen MR) is 74.4 cm³/mol. The van der Waals surface area contributed by atoms with Gasteiger partial charge in [0.1, 0.15) is 0 Å². The monoisotopic (exact) mass is 235 g/mol. The van der Waals surface area contributed by atoms with Gasteiger partial charge >= 0.3 is 0 Å². The molecule has 1 aromatic carbocycles. The second kappa shape index (κ2) is 6.65. The van der Waals surface area contributed by atoms with Crippen molar-refractivity contribution in [1.82, 2.24) is 0 Å². The van der Waals surface area contributed by atoms with Crippen LogP contribution in [0.4, 0.5) is 5.69 Å². The molecule has 1 N–H and O–H groups in total. The fraction of sp³-hybridized carbons (Fsp3) is 0.600. The Kier molecular flexibility index (Phi) is 5.49. The highest BCUT2D eigenvalue weighted by molar-refractivity contribution is 5.42. The summed E-state index contributed by atoms with van der Waals surface area (Å²) < 4.78 is 5.78. The molecule has 0 bridgehead atoms. The minimum atomic E-state index is 0.248. The minimum Gasteiger partial charge on any atom is -0.382 e. The van der Waals surface area contributed by atoms with Crippen LogP contribution in [0.25, 0.3) is 0 Å². The Hall–Kier alpha value is -1.02. The molecule has 17 heavy (non-hydrogen) atoms. The van der Waals surface area contributed by atoms with Crippen molar-refractivity contribution in [2.45, 2.75) is 40.2 Å². The quantitative estimate of drug-likeness (QED) is 0.806. The third kappa shape index (κ3) is 7.01. The summed E-state index contributed by atoms with van der Waals surface area (Å²) >= 11 is 0. The molecule has 0 saturated carbocycles. The number of nitrogens with one attached hydrogen (secondary N) is 1. The molecule has 0 heterocycles. The number of ether oxygens (including phenoxy) is 1. The van der Waals surface area contributed by atoms with E-state index < -0.39 is 0 Å². The first kappa shape index (κ1) is 14.0. The van der Waals surface area contributed by atoms with Crippen molar-refractivity contribution in [2.24, 2.45) is 5.41 Å². The van der Waals surface area contributed by atoms with Crippen LogP contribution in [0, 0.1) is 5.41 Å². The number of benzene rings is 1. The van der Waals surface area contributed by atoms with Gasteiger partial charge in [0.15, 0.2) is 0 Å². The molecule has 0 aliphatic heterocycles. The van der Waals surface area contributed by atoms with Crippen molar-refractivity contribution in [3.63, 3.8) is 0 Å². The number of hydrogen-bond donors (Lipinski definition) is 1. The lowest BCUT2D eigenvalue weighted by atomic mass is 9.93. The van der Waals surface area contributed by atoms with E-state index in [0.29, 0.717) is 5.41 Å². The van der Waals surface area contributed by atoms with Gasteiger partial charge in [0, 0.05) is 18.8 Å². The van der Waals surface area contributed by atoms with Gasteiger partial charge in [-0.15, -0.1) is 0 Å². The second-order valence-corrected chi connectivity index (χ2v) is 5.74. The molecule has 0 aliphatic rings. The van der Waals surface area contributed by atoms with Gasteiger partial charge in [-0.1, -0.05) is 39.0 Å². The number of rotatable bonds is 6. The van der Waals surface area contributed by atoms with Crippen LogP contribution in [0.1, 0.15) is 34.1 Å². The van der Waals surface area contributed by atoms with Crippen LogP contribution in [0.5, 0.6) is 0 Å². The van der Waals surface area contributed by atoms with E-state index in [1.165, 1.54) is 0 Å². The maximum Gasteiger partial charge on any atom is 0.0719 e. The molecule has 1 aromatic rings. The molecular formula is C15H25NO. The predicted octanol–water partition coefficient (Wildman–Crippen LogP) is 3.94. The third-order valence-corrected chi connectivity index (χ3v) is 2.62. The summed E-state index contributed by atoms with van der Waals surface area (Å²) in [5.74, 6) is 0. The second-order valence-electron chi connectivity index (χ2n) is 5.74. The summed E-state index contributed by atoms with van der Waals surface area (Å²) in [6, 6.07) is 10.2. The van der Waals surface area contributed by atoms with Gasteiger partial charge in [-0.3, -0.25) is 0 Å². The topological polar surface area (TPSA) is 21.3 Å². The molecule has 1 unspecified atom stereocenters. The Morgan fingerprint density at radius 1 is 1.18 bits per heavy atom. The van der Waals surface area contributed by atoms with Gasteiger partial charge in [-0.2, -0.15) is 0 Å². The van der Waals surface area contributed by atoms with E-state index in [1.54, 1.807) is 0 Å². The van der Waals surface area contributed by atoms with Gasteiger partial charge in [0.2, 0.25) is 0 Å². The van der Waals surface area contributed by atoms with Crippen LogP contribution in [0.3, 0.4) is 0 Å². The van der Waals surface area contributed by atoms with Gasteiger partial charge in [-0.05, 0) is 30.9 Å². The van der Waals surface area contributed by atoms with Gasteiger partial charge in [-0.25, -0.2) is 0 Å². The molecule has 2 heteroatoms. The maximum absolute atomic E-state index is 5.78. The van der Waals surface area contributed by atoms with Crippen molar-refractivity contribution in [3.05, 3.63) is 30.3 Å². The van der Waals surface area contributed by atoms with E-state index in [4.69, 9.17) is 4.74 Å². The smallest absolute Gasteiger partial charge is 0.0719 e. The van der Waals surface area contributed by atoms with E-state index in [2.05, 4.69) is 45.1 Å². The van der Waals surface area contributed by atoms with E-state index in [0.717, 1.165) is 25.3 Å². The lowest BCUT2D eigenvalue weighted by molar-refractivity contribution is 0.0568. The summed E-state index contributed by atoms with van der Waals surface area (Å²) in [6.45, 7) is 10.5. The summed E-state index contributed by atoms with van der Waals surface area (Å²) in [4.78, 5) is 0. The molecule has 1 atom stereocenters. The van der Waals surface area contributed by atoms with Crippen LogP contribution >= 0.6 is 0 Å². The SMILES string of the molecule is CC(CNc1ccccc1)OCCC(C)(C)C. The van der Waals surface area contributed by atoms with E-state index in [1.807, 2.05) is 18.2 Å². The normalized spacial score (nSPS) is 13.4. The molecule has 2 nitrogen and oxygen atoms in total. The zero-order valence-electron chi connectivity index (χ0n) is 11.5. The van der Waals surface area contributed by atoms with Gasteiger partial charge in [0.05, 0.1) is 6.10 Å². The van der Waals surface area contributed by atoms with Crippen LogP contribution in [-0.4, -0.2) is 19.3 Å². The molecular weight excluding hydrogens is 210 g/mol. The molecule has 0 amide bonds. The first-order valence-corrected chi connectivity index (χ1v) is 6.38. The van der Waals surface area contributed by atoms with Crippen molar-refractivity contribution >= 4 is 5.69 Å².